The maximum atomic E-state index is 13.4. The van der Waals surface area contributed by atoms with Gasteiger partial charge >= 0.3 is 0 Å². The highest BCUT2D eigenvalue weighted by Crippen LogP contribution is 2.22. The van der Waals surface area contributed by atoms with Crippen LogP contribution in [-0.4, -0.2) is 11.7 Å². The third-order valence-electron chi connectivity index (χ3n) is 2.38. The highest BCUT2D eigenvalue weighted by atomic mass is 19.2. The predicted molar refractivity (Wildman–Crippen MR) is 54.3 cm³/mol. The van der Waals surface area contributed by atoms with Crippen LogP contribution in [0.4, 0.5) is 8.78 Å². The summed E-state index contributed by atoms with van der Waals surface area (Å²) in [4.78, 5) is 0. The number of rotatable bonds is 4. The van der Waals surface area contributed by atoms with Crippen LogP contribution in [0.5, 0.6) is 0 Å². The maximum absolute atomic E-state index is 13.4. The van der Waals surface area contributed by atoms with Crippen molar-refractivity contribution in [2.75, 3.05) is 6.61 Å². The third kappa shape index (κ3) is 2.73. The molecule has 0 aliphatic rings. The molecule has 0 saturated heterocycles. The molecular formula is C11H15F2NO. The topological polar surface area (TPSA) is 46.2 Å². The van der Waals surface area contributed by atoms with Crippen molar-refractivity contribution in [3.8, 4) is 0 Å². The van der Waals surface area contributed by atoms with E-state index in [9.17, 15) is 8.78 Å². The fraction of sp³-hybridized carbons (Fsp3) is 0.455. The maximum Gasteiger partial charge on any atom is 0.163 e. The van der Waals surface area contributed by atoms with Crippen molar-refractivity contribution in [1.29, 1.82) is 0 Å². The molecule has 15 heavy (non-hydrogen) atoms. The standard InChI is InChI=1S/C11H15F2NO/c1-7-4-5-8(11(13)10(7)12)9(14)3-2-6-15/h4-5,9,15H,2-3,6,14H2,1H3/t9-/m0/s1. The molecule has 1 aromatic rings. The number of hydrogen-bond donors (Lipinski definition) is 2. The van der Waals surface area contributed by atoms with E-state index in [0.717, 1.165) is 0 Å². The Hall–Kier alpha value is -1.00. The minimum Gasteiger partial charge on any atom is -0.396 e. The van der Waals surface area contributed by atoms with E-state index in [4.69, 9.17) is 10.8 Å². The van der Waals surface area contributed by atoms with Gasteiger partial charge in [-0.3, -0.25) is 0 Å². The molecule has 0 saturated carbocycles. The molecule has 2 nitrogen and oxygen atoms in total. The molecule has 0 bridgehead atoms. The number of hydrogen-bond acceptors (Lipinski definition) is 2. The Balaban J connectivity index is 2.90. The van der Waals surface area contributed by atoms with Crippen molar-refractivity contribution in [2.24, 2.45) is 5.73 Å². The van der Waals surface area contributed by atoms with Crippen molar-refractivity contribution >= 4 is 0 Å². The van der Waals surface area contributed by atoms with Crippen LogP contribution in [0.25, 0.3) is 0 Å². The van der Waals surface area contributed by atoms with E-state index < -0.39 is 17.7 Å². The van der Waals surface area contributed by atoms with Crippen molar-refractivity contribution in [1.82, 2.24) is 0 Å². The number of halogens is 2. The normalized spacial score (nSPS) is 12.9. The number of benzene rings is 1. The highest BCUT2D eigenvalue weighted by molar-refractivity contribution is 5.27. The zero-order chi connectivity index (χ0) is 11.4. The van der Waals surface area contributed by atoms with Crippen LogP contribution in [0.2, 0.25) is 0 Å². The van der Waals surface area contributed by atoms with E-state index in [-0.39, 0.29) is 17.7 Å². The summed E-state index contributed by atoms with van der Waals surface area (Å²) in [5.74, 6) is -1.72. The lowest BCUT2D eigenvalue weighted by Gasteiger charge is -2.13. The zero-order valence-electron chi connectivity index (χ0n) is 8.63. The Morgan fingerprint density at radius 3 is 2.60 bits per heavy atom. The Kier molecular flexibility index (Phi) is 4.17. The van der Waals surface area contributed by atoms with Crippen LogP contribution in [0.15, 0.2) is 12.1 Å². The first kappa shape index (κ1) is 12.1. The molecule has 0 aliphatic carbocycles. The first-order valence-corrected chi connectivity index (χ1v) is 4.89. The molecule has 1 atom stereocenters. The summed E-state index contributed by atoms with van der Waals surface area (Å²) in [7, 11) is 0. The van der Waals surface area contributed by atoms with Crippen molar-refractivity contribution in [2.45, 2.75) is 25.8 Å². The van der Waals surface area contributed by atoms with Gasteiger partial charge in [0.2, 0.25) is 0 Å². The summed E-state index contributed by atoms with van der Waals surface area (Å²) in [6.45, 7) is 1.51. The van der Waals surface area contributed by atoms with Crippen molar-refractivity contribution in [3.05, 3.63) is 34.9 Å². The summed E-state index contributed by atoms with van der Waals surface area (Å²) in [5, 5.41) is 8.61. The third-order valence-corrected chi connectivity index (χ3v) is 2.38. The van der Waals surface area contributed by atoms with Gasteiger partial charge in [-0.1, -0.05) is 12.1 Å². The van der Waals surface area contributed by atoms with E-state index in [1.807, 2.05) is 0 Å². The largest absolute Gasteiger partial charge is 0.396 e. The van der Waals surface area contributed by atoms with Gasteiger partial charge in [0.15, 0.2) is 11.6 Å². The Morgan fingerprint density at radius 2 is 2.00 bits per heavy atom. The lowest BCUT2D eigenvalue weighted by molar-refractivity contribution is 0.279. The highest BCUT2D eigenvalue weighted by Gasteiger charge is 2.15. The molecule has 0 aromatic heterocycles. The number of aliphatic hydroxyl groups excluding tert-OH is 1. The minimum atomic E-state index is -0.875. The number of nitrogens with two attached hydrogens (primary N) is 1. The van der Waals surface area contributed by atoms with E-state index in [1.54, 1.807) is 0 Å². The smallest absolute Gasteiger partial charge is 0.163 e. The van der Waals surface area contributed by atoms with Gasteiger partial charge in [0.25, 0.3) is 0 Å². The van der Waals surface area contributed by atoms with Crippen LogP contribution >= 0.6 is 0 Å². The van der Waals surface area contributed by atoms with Crippen LogP contribution in [-0.2, 0) is 0 Å². The van der Waals surface area contributed by atoms with Crippen molar-refractivity contribution in [3.63, 3.8) is 0 Å². The van der Waals surface area contributed by atoms with E-state index in [1.165, 1.54) is 19.1 Å². The molecule has 1 rings (SSSR count). The van der Waals surface area contributed by atoms with Crippen molar-refractivity contribution < 1.29 is 13.9 Å². The molecule has 0 radical (unpaired) electrons. The summed E-state index contributed by atoms with van der Waals surface area (Å²) in [6.07, 6.45) is 0.923. The fourth-order valence-electron chi connectivity index (χ4n) is 1.41. The number of aliphatic hydroxyl groups is 1. The summed E-state index contributed by atoms with van der Waals surface area (Å²) in [5.41, 5.74) is 6.12. The quantitative estimate of drug-likeness (QED) is 0.807. The second kappa shape index (κ2) is 5.19. The van der Waals surface area contributed by atoms with Gasteiger partial charge in [0, 0.05) is 18.2 Å². The SMILES string of the molecule is Cc1ccc([C@@H](N)CCCO)c(F)c1F. The summed E-state index contributed by atoms with van der Waals surface area (Å²) in [6, 6.07) is 2.44. The zero-order valence-corrected chi connectivity index (χ0v) is 8.63. The molecule has 0 heterocycles. The molecule has 4 heteroatoms. The summed E-state index contributed by atoms with van der Waals surface area (Å²) < 4.78 is 26.6. The molecule has 3 N–H and O–H groups in total. The van der Waals surface area contributed by atoms with Gasteiger partial charge in [0.1, 0.15) is 0 Å². The lowest BCUT2D eigenvalue weighted by Crippen LogP contribution is -2.14. The molecule has 0 fully saturated rings. The number of aryl methyl sites for hydroxylation is 1. The fourth-order valence-corrected chi connectivity index (χ4v) is 1.41. The minimum absolute atomic E-state index is 0.00363. The molecule has 0 spiro atoms. The molecule has 0 unspecified atom stereocenters. The molecule has 0 aliphatic heterocycles. The summed E-state index contributed by atoms with van der Waals surface area (Å²) >= 11 is 0. The van der Waals surface area contributed by atoms with Gasteiger partial charge in [-0.25, -0.2) is 8.78 Å². The second-order valence-electron chi connectivity index (χ2n) is 3.57. The Morgan fingerprint density at radius 1 is 1.33 bits per heavy atom. The van der Waals surface area contributed by atoms with E-state index >= 15 is 0 Å². The monoisotopic (exact) mass is 215 g/mol. The lowest BCUT2D eigenvalue weighted by atomic mass is 10.0. The average molecular weight is 215 g/mol. The molecule has 0 amide bonds. The van der Waals surface area contributed by atoms with Crippen LogP contribution < -0.4 is 5.73 Å². The Labute approximate surface area is 87.7 Å². The van der Waals surface area contributed by atoms with Gasteiger partial charge in [-0.15, -0.1) is 0 Å². The average Bonchev–Trinajstić information content (AvgIpc) is 2.23. The van der Waals surface area contributed by atoms with Gasteiger partial charge in [0.05, 0.1) is 0 Å². The molecular weight excluding hydrogens is 200 g/mol. The van der Waals surface area contributed by atoms with E-state index in [0.29, 0.717) is 12.8 Å². The van der Waals surface area contributed by atoms with Gasteiger partial charge < -0.3 is 10.8 Å². The second-order valence-corrected chi connectivity index (χ2v) is 3.57. The van der Waals surface area contributed by atoms with Crippen LogP contribution in [0, 0.1) is 18.6 Å². The van der Waals surface area contributed by atoms with Gasteiger partial charge in [-0.2, -0.15) is 0 Å². The van der Waals surface area contributed by atoms with Crippen LogP contribution in [0.3, 0.4) is 0 Å². The van der Waals surface area contributed by atoms with E-state index in [2.05, 4.69) is 0 Å². The first-order chi connectivity index (χ1) is 7.07. The Bertz CT molecular complexity index is 342. The molecule has 1 aromatic carbocycles. The molecule has 84 valence electrons. The van der Waals surface area contributed by atoms with Gasteiger partial charge in [-0.05, 0) is 25.3 Å². The van der Waals surface area contributed by atoms with Crippen LogP contribution in [0.1, 0.15) is 30.0 Å². The predicted octanol–water partition coefficient (Wildman–Crippen LogP) is 2.05. The first-order valence-electron chi connectivity index (χ1n) is 4.89.